The fourth-order valence-electron chi connectivity index (χ4n) is 0.827. The molecule has 0 bridgehead atoms. The van der Waals surface area contributed by atoms with Crippen LogP contribution in [0.2, 0.25) is 0 Å². The minimum Gasteiger partial charge on any atom is -0.505 e. The van der Waals surface area contributed by atoms with Crippen molar-refractivity contribution in [3.63, 3.8) is 0 Å². The molecule has 0 saturated carbocycles. The highest BCUT2D eigenvalue weighted by atomic mass is 19.1. The van der Waals surface area contributed by atoms with Crippen LogP contribution in [0.5, 0.6) is 5.75 Å². The van der Waals surface area contributed by atoms with Gasteiger partial charge in [0.05, 0.1) is 0 Å². The Morgan fingerprint density at radius 3 is 2.85 bits per heavy atom. The summed E-state index contributed by atoms with van der Waals surface area (Å²) < 4.78 is 12.6. The number of hydrogen-bond donors (Lipinski definition) is 2. The smallest absolute Gasteiger partial charge is 0.164 e. The number of rotatable bonds is 1. The third-order valence-corrected chi connectivity index (χ3v) is 1.45. The van der Waals surface area contributed by atoms with E-state index < -0.39 is 5.82 Å². The molecule has 0 spiro atoms. The van der Waals surface area contributed by atoms with Gasteiger partial charge in [-0.15, -0.1) is 0 Å². The Bertz CT molecular complexity index is 352. The molecule has 0 atom stereocenters. The Morgan fingerprint density at radius 1 is 1.46 bits per heavy atom. The second kappa shape index (κ2) is 4.48. The molecule has 13 heavy (non-hydrogen) atoms. The molecule has 0 saturated heterocycles. The van der Waals surface area contributed by atoms with E-state index in [0.717, 1.165) is 0 Å². The molecule has 0 aliphatic rings. The molecule has 0 unspecified atom stereocenters. The van der Waals surface area contributed by atoms with Crippen LogP contribution in [0.25, 0.3) is 0 Å². The predicted octanol–water partition coefficient (Wildman–Crippen LogP) is 1.23. The van der Waals surface area contributed by atoms with Gasteiger partial charge in [-0.1, -0.05) is 11.8 Å². The summed E-state index contributed by atoms with van der Waals surface area (Å²) in [6, 6.07) is 3.99. The van der Waals surface area contributed by atoms with E-state index in [1.165, 1.54) is 18.2 Å². The van der Waals surface area contributed by atoms with Crippen LogP contribution in [0.4, 0.5) is 4.39 Å². The summed E-state index contributed by atoms with van der Waals surface area (Å²) >= 11 is 0. The zero-order valence-corrected chi connectivity index (χ0v) is 7.05. The van der Waals surface area contributed by atoms with E-state index in [9.17, 15) is 4.39 Å². The highest BCUT2D eigenvalue weighted by molar-refractivity contribution is 5.39. The van der Waals surface area contributed by atoms with Crippen LogP contribution in [-0.4, -0.2) is 11.7 Å². The van der Waals surface area contributed by atoms with Gasteiger partial charge in [-0.05, 0) is 18.2 Å². The normalized spacial score (nSPS) is 9.08. The summed E-state index contributed by atoms with van der Waals surface area (Å²) in [5, 5.41) is 8.99. The van der Waals surface area contributed by atoms with Gasteiger partial charge in [-0.2, -0.15) is 0 Å². The molecule has 2 nitrogen and oxygen atoms in total. The standard InChI is InChI=1S/C10H10FNO/c11-9-5-4-8(7-10(9)13)3-1-2-6-12/h4-5,7,13H,2,6,12H2. The van der Waals surface area contributed by atoms with Crippen LogP contribution in [0.3, 0.4) is 0 Å². The zero-order valence-electron chi connectivity index (χ0n) is 7.05. The van der Waals surface area contributed by atoms with Crippen molar-refractivity contribution in [2.75, 3.05) is 6.54 Å². The van der Waals surface area contributed by atoms with Gasteiger partial charge in [0.1, 0.15) is 0 Å². The Balaban J connectivity index is 2.81. The molecule has 1 rings (SSSR count). The van der Waals surface area contributed by atoms with Crippen molar-refractivity contribution in [1.29, 1.82) is 0 Å². The minimum atomic E-state index is -0.635. The highest BCUT2D eigenvalue weighted by Gasteiger charge is 1.98. The Hall–Kier alpha value is -1.53. The highest BCUT2D eigenvalue weighted by Crippen LogP contribution is 2.15. The molecule has 3 heteroatoms. The first-order valence-corrected chi connectivity index (χ1v) is 3.91. The lowest BCUT2D eigenvalue weighted by molar-refractivity contribution is 0.432. The van der Waals surface area contributed by atoms with Gasteiger partial charge < -0.3 is 10.8 Å². The Labute approximate surface area is 76.2 Å². The lowest BCUT2D eigenvalue weighted by Gasteiger charge is -1.94. The number of hydrogen-bond acceptors (Lipinski definition) is 2. The summed E-state index contributed by atoms with van der Waals surface area (Å²) in [6.07, 6.45) is 0.595. The molecule has 68 valence electrons. The average Bonchev–Trinajstić information content (AvgIpc) is 2.12. The second-order valence-corrected chi connectivity index (χ2v) is 2.51. The lowest BCUT2D eigenvalue weighted by atomic mass is 10.2. The fourth-order valence-corrected chi connectivity index (χ4v) is 0.827. The van der Waals surface area contributed by atoms with Crippen molar-refractivity contribution in [3.05, 3.63) is 29.6 Å². The largest absolute Gasteiger partial charge is 0.505 e. The van der Waals surface area contributed by atoms with Crippen LogP contribution in [0.1, 0.15) is 12.0 Å². The Kier molecular flexibility index (Phi) is 3.30. The SMILES string of the molecule is NCCC#Cc1ccc(F)c(O)c1. The van der Waals surface area contributed by atoms with Crippen LogP contribution in [-0.2, 0) is 0 Å². The van der Waals surface area contributed by atoms with Gasteiger partial charge in [-0.3, -0.25) is 0 Å². The molecule has 1 aromatic rings. The fraction of sp³-hybridized carbons (Fsp3) is 0.200. The maximum atomic E-state index is 12.6. The van der Waals surface area contributed by atoms with Crippen LogP contribution in [0.15, 0.2) is 18.2 Å². The first-order chi connectivity index (χ1) is 6.24. The topological polar surface area (TPSA) is 46.2 Å². The third-order valence-electron chi connectivity index (χ3n) is 1.45. The van der Waals surface area contributed by atoms with E-state index in [0.29, 0.717) is 18.5 Å². The molecule has 3 N–H and O–H groups in total. The average molecular weight is 179 g/mol. The number of halogens is 1. The molecule has 1 aromatic carbocycles. The summed E-state index contributed by atoms with van der Waals surface area (Å²) in [4.78, 5) is 0. The molecule has 0 radical (unpaired) electrons. The number of nitrogens with two attached hydrogens (primary N) is 1. The number of benzene rings is 1. The third kappa shape index (κ3) is 2.77. The van der Waals surface area contributed by atoms with E-state index in [-0.39, 0.29) is 5.75 Å². The van der Waals surface area contributed by atoms with E-state index in [1.807, 2.05) is 0 Å². The second-order valence-electron chi connectivity index (χ2n) is 2.51. The zero-order chi connectivity index (χ0) is 9.68. The molecular formula is C10H10FNO. The molecule has 0 heterocycles. The van der Waals surface area contributed by atoms with E-state index in [1.54, 1.807) is 0 Å². The summed E-state index contributed by atoms with van der Waals surface area (Å²) in [7, 11) is 0. The van der Waals surface area contributed by atoms with Gasteiger partial charge in [0, 0.05) is 18.5 Å². The van der Waals surface area contributed by atoms with Crippen molar-refractivity contribution < 1.29 is 9.50 Å². The maximum Gasteiger partial charge on any atom is 0.164 e. The van der Waals surface area contributed by atoms with Gasteiger partial charge in [0.25, 0.3) is 0 Å². The van der Waals surface area contributed by atoms with Crippen molar-refractivity contribution >= 4 is 0 Å². The lowest BCUT2D eigenvalue weighted by Crippen LogP contribution is -1.95. The first kappa shape index (κ1) is 9.56. The number of aromatic hydroxyl groups is 1. The molecule has 0 amide bonds. The Morgan fingerprint density at radius 2 is 2.23 bits per heavy atom. The van der Waals surface area contributed by atoms with Crippen molar-refractivity contribution in [2.45, 2.75) is 6.42 Å². The van der Waals surface area contributed by atoms with E-state index >= 15 is 0 Å². The quantitative estimate of drug-likeness (QED) is 0.637. The predicted molar refractivity (Wildman–Crippen MR) is 48.6 cm³/mol. The van der Waals surface area contributed by atoms with Gasteiger partial charge >= 0.3 is 0 Å². The molecule has 0 aromatic heterocycles. The molecule has 0 aliphatic carbocycles. The summed E-state index contributed by atoms with van der Waals surface area (Å²) in [5.74, 6) is 4.54. The minimum absolute atomic E-state index is 0.375. The van der Waals surface area contributed by atoms with E-state index in [4.69, 9.17) is 10.8 Å². The van der Waals surface area contributed by atoms with Crippen molar-refractivity contribution in [2.24, 2.45) is 5.73 Å². The first-order valence-electron chi connectivity index (χ1n) is 3.91. The summed E-state index contributed by atoms with van der Waals surface area (Å²) in [6.45, 7) is 0.500. The van der Waals surface area contributed by atoms with Crippen molar-refractivity contribution in [3.8, 4) is 17.6 Å². The maximum absolute atomic E-state index is 12.6. The summed E-state index contributed by atoms with van der Waals surface area (Å²) in [5.41, 5.74) is 5.82. The van der Waals surface area contributed by atoms with Gasteiger partial charge in [0.15, 0.2) is 11.6 Å². The van der Waals surface area contributed by atoms with Crippen molar-refractivity contribution in [1.82, 2.24) is 0 Å². The molecule has 0 aliphatic heterocycles. The van der Waals surface area contributed by atoms with Crippen LogP contribution >= 0.6 is 0 Å². The van der Waals surface area contributed by atoms with Crippen LogP contribution < -0.4 is 5.73 Å². The van der Waals surface area contributed by atoms with E-state index in [2.05, 4.69) is 11.8 Å². The van der Waals surface area contributed by atoms with Crippen LogP contribution in [0, 0.1) is 17.7 Å². The van der Waals surface area contributed by atoms with Gasteiger partial charge in [0.2, 0.25) is 0 Å². The number of phenols is 1. The monoisotopic (exact) mass is 179 g/mol. The van der Waals surface area contributed by atoms with Gasteiger partial charge in [-0.25, -0.2) is 4.39 Å². The molecule has 0 fully saturated rings. The molecular weight excluding hydrogens is 169 g/mol. The number of phenolic OH excluding ortho intramolecular Hbond substituents is 1.